The van der Waals surface area contributed by atoms with Crippen LogP contribution in [-0.4, -0.2) is 49.1 Å². The predicted octanol–water partition coefficient (Wildman–Crippen LogP) is 7.23. The molecule has 4 aliphatic rings. The third kappa shape index (κ3) is 3.65. The molecular formula is C29H54N2. The molecule has 0 radical (unpaired) electrons. The largest absolute Gasteiger partial charge is 0.303 e. The highest BCUT2D eigenvalue weighted by molar-refractivity contribution is 5.14. The smallest absolute Gasteiger partial charge is 0.0154 e. The van der Waals surface area contributed by atoms with Crippen LogP contribution in [0, 0.1) is 33.5 Å². The molecule has 4 aliphatic carbocycles. The van der Waals surface area contributed by atoms with E-state index in [1.54, 1.807) is 0 Å². The minimum Gasteiger partial charge on any atom is -0.303 e. The summed E-state index contributed by atoms with van der Waals surface area (Å²) in [4.78, 5) is 5.48. The molecule has 31 heavy (non-hydrogen) atoms. The van der Waals surface area contributed by atoms with Crippen LogP contribution in [-0.2, 0) is 0 Å². The summed E-state index contributed by atoms with van der Waals surface area (Å²) in [6.45, 7) is 18.0. The first-order valence-electron chi connectivity index (χ1n) is 13.9. The monoisotopic (exact) mass is 430 g/mol. The molecular weight excluding hydrogens is 376 g/mol. The molecule has 0 aromatic heterocycles. The zero-order chi connectivity index (χ0) is 22.7. The fourth-order valence-corrected chi connectivity index (χ4v) is 9.22. The molecule has 180 valence electrons. The van der Waals surface area contributed by atoms with Crippen LogP contribution in [0.5, 0.6) is 0 Å². The topological polar surface area (TPSA) is 6.48 Å². The van der Waals surface area contributed by atoms with E-state index in [1.165, 1.54) is 83.7 Å². The molecule has 0 amide bonds. The van der Waals surface area contributed by atoms with Crippen LogP contribution in [0.3, 0.4) is 0 Å². The number of fused-ring (bicyclic) bond motifs is 4. The molecule has 2 nitrogen and oxygen atoms in total. The number of hydrogen-bond donors (Lipinski definition) is 0. The summed E-state index contributed by atoms with van der Waals surface area (Å²) < 4.78 is 0. The van der Waals surface area contributed by atoms with Gasteiger partial charge in [0.1, 0.15) is 0 Å². The highest BCUT2D eigenvalue weighted by Crippen LogP contribution is 2.67. The number of nitrogens with zero attached hydrogens (tertiary/aromatic N) is 2. The zero-order valence-electron chi connectivity index (χ0n) is 22.4. The molecule has 0 N–H and O–H groups in total. The maximum absolute atomic E-state index is 2.74. The van der Waals surface area contributed by atoms with E-state index in [9.17, 15) is 0 Å². The Bertz CT molecular complexity index is 585. The Labute approximate surface area is 194 Å². The van der Waals surface area contributed by atoms with Crippen LogP contribution < -0.4 is 0 Å². The Kier molecular flexibility index (Phi) is 6.44. The molecule has 4 fully saturated rings. The lowest BCUT2D eigenvalue weighted by Crippen LogP contribution is -2.45. The van der Waals surface area contributed by atoms with Gasteiger partial charge >= 0.3 is 0 Å². The van der Waals surface area contributed by atoms with E-state index < -0.39 is 0 Å². The molecule has 4 rings (SSSR count). The molecule has 0 aromatic rings. The van der Waals surface area contributed by atoms with Crippen LogP contribution in [0.25, 0.3) is 0 Å². The lowest BCUT2D eigenvalue weighted by Gasteiger charge is -2.43. The summed E-state index contributed by atoms with van der Waals surface area (Å²) in [7, 11) is 4.83. The second kappa shape index (κ2) is 8.30. The Hall–Kier alpha value is -0.0800. The summed E-state index contributed by atoms with van der Waals surface area (Å²) in [5.41, 5.74) is 2.18. The van der Waals surface area contributed by atoms with Gasteiger partial charge in [0.2, 0.25) is 0 Å². The van der Waals surface area contributed by atoms with Crippen LogP contribution in [0.2, 0.25) is 0 Å². The fourth-order valence-electron chi connectivity index (χ4n) is 9.22. The van der Waals surface area contributed by atoms with Crippen molar-refractivity contribution in [3.63, 3.8) is 0 Å². The van der Waals surface area contributed by atoms with E-state index in [2.05, 4.69) is 65.4 Å². The van der Waals surface area contributed by atoms with Gasteiger partial charge in [0.05, 0.1) is 0 Å². The van der Waals surface area contributed by atoms with Crippen molar-refractivity contribution < 1.29 is 0 Å². The summed E-state index contributed by atoms with van der Waals surface area (Å²) in [5, 5.41) is 0. The number of unbranched alkanes of at least 4 members (excludes halogenated alkanes) is 4. The van der Waals surface area contributed by atoms with E-state index in [0.717, 1.165) is 23.9 Å². The van der Waals surface area contributed by atoms with Crippen molar-refractivity contribution in [3.05, 3.63) is 0 Å². The molecule has 0 aliphatic heterocycles. The van der Waals surface area contributed by atoms with Crippen LogP contribution in [0.1, 0.15) is 112 Å². The van der Waals surface area contributed by atoms with E-state index in [4.69, 9.17) is 0 Å². The van der Waals surface area contributed by atoms with Crippen molar-refractivity contribution in [1.29, 1.82) is 0 Å². The van der Waals surface area contributed by atoms with Crippen molar-refractivity contribution in [2.75, 3.05) is 27.2 Å². The molecule has 4 saturated carbocycles. The summed E-state index contributed by atoms with van der Waals surface area (Å²) in [6.07, 6.45) is 15.8. The lowest BCUT2D eigenvalue weighted by atomic mass is 9.69. The highest BCUT2D eigenvalue weighted by atomic mass is 15.2. The van der Waals surface area contributed by atoms with Crippen molar-refractivity contribution in [2.24, 2.45) is 33.5 Å². The van der Waals surface area contributed by atoms with Gasteiger partial charge in [0, 0.05) is 12.1 Å². The van der Waals surface area contributed by atoms with Gasteiger partial charge in [-0.25, -0.2) is 0 Å². The fraction of sp³-hybridized carbons (Fsp3) is 1.00. The maximum atomic E-state index is 2.74. The van der Waals surface area contributed by atoms with E-state index in [1.807, 2.05) is 0 Å². The van der Waals surface area contributed by atoms with Crippen molar-refractivity contribution >= 4 is 0 Å². The predicted molar refractivity (Wildman–Crippen MR) is 134 cm³/mol. The standard InChI is InChI=1S/C29H54N2/c1-26(2)22-14-16-28(26,5)24(20-22)30(7)18-12-10-9-11-13-19-31(8)25-21-23-15-17-29(25,6)27(23,3)4/h22-25H,9-21H2,1-8H3/t22-,23-,24-,25-,28+,29+/m1/s1. The highest BCUT2D eigenvalue weighted by Gasteiger charge is 2.63. The second-order valence-corrected chi connectivity index (χ2v) is 14.0. The molecule has 0 unspecified atom stereocenters. The third-order valence-electron chi connectivity index (χ3n) is 12.6. The Balaban J connectivity index is 1.11. The normalized spacial score (nSPS) is 42.4. The van der Waals surface area contributed by atoms with E-state index in [0.29, 0.717) is 21.7 Å². The van der Waals surface area contributed by atoms with Gasteiger partial charge in [-0.2, -0.15) is 0 Å². The van der Waals surface area contributed by atoms with Gasteiger partial charge in [-0.1, -0.05) is 60.8 Å². The van der Waals surface area contributed by atoms with Gasteiger partial charge < -0.3 is 9.80 Å². The first-order chi connectivity index (χ1) is 14.4. The molecule has 0 aromatic carbocycles. The molecule has 6 atom stereocenters. The molecule has 0 heterocycles. The van der Waals surface area contributed by atoms with Gasteiger partial charge in [-0.15, -0.1) is 0 Å². The third-order valence-corrected chi connectivity index (χ3v) is 12.6. The zero-order valence-corrected chi connectivity index (χ0v) is 22.4. The van der Waals surface area contributed by atoms with E-state index in [-0.39, 0.29) is 0 Å². The molecule has 0 spiro atoms. The summed E-state index contributed by atoms with van der Waals surface area (Å²) in [6, 6.07) is 1.64. The van der Waals surface area contributed by atoms with Crippen molar-refractivity contribution in [2.45, 2.75) is 124 Å². The first-order valence-corrected chi connectivity index (χ1v) is 13.9. The number of hydrogen-bond acceptors (Lipinski definition) is 2. The van der Waals surface area contributed by atoms with Gasteiger partial charge in [0.15, 0.2) is 0 Å². The molecule has 0 saturated heterocycles. The van der Waals surface area contributed by atoms with Crippen LogP contribution in [0.15, 0.2) is 0 Å². The van der Waals surface area contributed by atoms with Gasteiger partial charge in [-0.05, 0) is 112 Å². The van der Waals surface area contributed by atoms with Crippen LogP contribution in [0.4, 0.5) is 0 Å². The Morgan fingerprint density at radius 2 is 0.935 bits per heavy atom. The average Bonchev–Trinajstić information content (AvgIpc) is 3.23. The quantitative estimate of drug-likeness (QED) is 0.337. The minimum atomic E-state index is 0.544. The molecule has 2 heteroatoms. The minimum absolute atomic E-state index is 0.544. The van der Waals surface area contributed by atoms with Gasteiger partial charge in [0.25, 0.3) is 0 Å². The van der Waals surface area contributed by atoms with Gasteiger partial charge in [-0.3, -0.25) is 0 Å². The summed E-state index contributed by atoms with van der Waals surface area (Å²) >= 11 is 0. The SMILES string of the molecule is CN(CCCCCCCN(C)[C@@H]1C[C@H]2CC[C@]1(C)C2(C)C)[C@@H]1C[C@H]2CC[C@]1(C)C2(C)C. The Morgan fingerprint density at radius 3 is 1.23 bits per heavy atom. The maximum Gasteiger partial charge on any atom is 0.0154 e. The average molecular weight is 431 g/mol. The summed E-state index contributed by atoms with van der Waals surface area (Å²) in [5.74, 6) is 1.93. The lowest BCUT2D eigenvalue weighted by molar-refractivity contribution is 0.0562. The van der Waals surface area contributed by atoms with Crippen molar-refractivity contribution in [3.8, 4) is 0 Å². The number of rotatable bonds is 10. The van der Waals surface area contributed by atoms with Crippen LogP contribution >= 0.6 is 0 Å². The van der Waals surface area contributed by atoms with E-state index >= 15 is 0 Å². The Morgan fingerprint density at radius 1 is 0.581 bits per heavy atom. The first kappa shape index (κ1) is 24.1. The second-order valence-electron chi connectivity index (χ2n) is 14.0. The molecule has 4 bridgehead atoms. The van der Waals surface area contributed by atoms with Crippen molar-refractivity contribution in [1.82, 2.24) is 9.80 Å².